The summed E-state index contributed by atoms with van der Waals surface area (Å²) in [5.41, 5.74) is 5.01. The number of nitrogens with one attached hydrogen (secondary N) is 3. The molecule has 0 bridgehead atoms. The zero-order valence-electron chi connectivity index (χ0n) is 21.4. The number of amides is 1. The Bertz CT molecular complexity index is 1420. The maximum absolute atomic E-state index is 13.2. The molecule has 3 aliphatic rings. The number of aromatic amines is 1. The molecule has 1 aliphatic carbocycles. The minimum absolute atomic E-state index is 0.108. The summed E-state index contributed by atoms with van der Waals surface area (Å²) in [4.78, 5) is 22.4. The molecule has 1 spiro atoms. The third kappa shape index (κ3) is 4.84. The highest BCUT2D eigenvalue weighted by Crippen LogP contribution is 2.54. The molecule has 3 N–H and O–H groups in total. The van der Waals surface area contributed by atoms with Crippen LogP contribution in [0.25, 0.3) is 11.3 Å². The Hall–Kier alpha value is -3.24. The first-order chi connectivity index (χ1) is 18.7. The second kappa shape index (κ2) is 9.75. The standard InChI is InChI=1S/C28H29ClF3N5O2/c1-2-17-19(29)4-3-5-20(17)35-24-22-25(27(8-9-27)14-34-26(22)38)36-23(24)18-6-10-33-12-21(18)39-13-16-7-11-37(16)15-28(30,31)32/h3-6,10,12,16,35-36H,2,7-9,11,13-15H2,1H3,(H,34,38). The Morgan fingerprint density at radius 3 is 2.79 bits per heavy atom. The maximum Gasteiger partial charge on any atom is 0.401 e. The summed E-state index contributed by atoms with van der Waals surface area (Å²) < 4.78 is 44.9. The van der Waals surface area contributed by atoms with Gasteiger partial charge in [-0.15, -0.1) is 0 Å². The quantitative estimate of drug-likeness (QED) is 0.324. The van der Waals surface area contributed by atoms with E-state index in [1.54, 1.807) is 18.5 Å². The molecule has 206 valence electrons. The summed E-state index contributed by atoms with van der Waals surface area (Å²) in [6.07, 6.45) is 2.20. The van der Waals surface area contributed by atoms with Crippen LogP contribution in [0.15, 0.2) is 36.7 Å². The van der Waals surface area contributed by atoms with Gasteiger partial charge in [0.25, 0.3) is 5.91 Å². The van der Waals surface area contributed by atoms with Gasteiger partial charge in [-0.3, -0.25) is 14.7 Å². The van der Waals surface area contributed by atoms with Crippen LogP contribution in [0.5, 0.6) is 5.75 Å². The van der Waals surface area contributed by atoms with Crippen molar-refractivity contribution in [2.24, 2.45) is 0 Å². The highest BCUT2D eigenvalue weighted by Gasteiger charge is 2.52. The molecule has 3 aromatic rings. The van der Waals surface area contributed by atoms with E-state index in [1.165, 1.54) is 4.90 Å². The van der Waals surface area contributed by atoms with E-state index in [1.807, 2.05) is 25.1 Å². The predicted octanol–water partition coefficient (Wildman–Crippen LogP) is 5.83. The Labute approximate surface area is 229 Å². The van der Waals surface area contributed by atoms with E-state index in [2.05, 4.69) is 20.6 Å². The van der Waals surface area contributed by atoms with E-state index in [4.69, 9.17) is 16.3 Å². The smallest absolute Gasteiger partial charge is 0.401 e. The van der Waals surface area contributed by atoms with Gasteiger partial charge in [0.15, 0.2) is 0 Å². The summed E-state index contributed by atoms with van der Waals surface area (Å²) in [6, 6.07) is 7.09. The molecule has 6 rings (SSSR count). The second-order valence-corrected chi connectivity index (χ2v) is 11.0. The zero-order chi connectivity index (χ0) is 27.4. The number of fused-ring (bicyclic) bond motifs is 2. The number of likely N-dealkylation sites (tertiary alicyclic amines) is 1. The number of anilines is 2. The summed E-state index contributed by atoms with van der Waals surface area (Å²) in [5.74, 6) is 0.270. The number of ether oxygens (including phenoxy) is 1. The van der Waals surface area contributed by atoms with Gasteiger partial charge in [0.2, 0.25) is 0 Å². The van der Waals surface area contributed by atoms with Crippen molar-refractivity contribution in [3.05, 3.63) is 58.5 Å². The van der Waals surface area contributed by atoms with Crippen LogP contribution >= 0.6 is 11.6 Å². The SMILES string of the molecule is CCc1c(Cl)cccc1Nc1c(-c2ccncc2OCC2CCN2CC(F)(F)F)[nH]c2c1C(=O)NCC21CC1. The highest BCUT2D eigenvalue weighted by atomic mass is 35.5. The van der Waals surface area contributed by atoms with Crippen molar-refractivity contribution < 1.29 is 22.7 Å². The average molecular weight is 560 g/mol. The number of halogens is 4. The Morgan fingerprint density at radius 2 is 2.10 bits per heavy atom. The van der Waals surface area contributed by atoms with Crippen molar-refractivity contribution in [3.8, 4) is 17.0 Å². The third-order valence-corrected chi connectivity index (χ3v) is 8.42. The fraction of sp³-hybridized carbons (Fsp3) is 0.429. The van der Waals surface area contributed by atoms with Crippen molar-refractivity contribution in [1.29, 1.82) is 0 Å². The summed E-state index contributed by atoms with van der Waals surface area (Å²) in [5, 5.41) is 7.18. The lowest BCUT2D eigenvalue weighted by Crippen LogP contribution is -2.54. The molecule has 2 fully saturated rings. The molecule has 39 heavy (non-hydrogen) atoms. The normalized spacial score (nSPS) is 19.8. The van der Waals surface area contributed by atoms with Gasteiger partial charge in [-0.25, -0.2) is 0 Å². The molecule has 1 atom stereocenters. The summed E-state index contributed by atoms with van der Waals surface area (Å²) in [6.45, 7) is 2.14. The van der Waals surface area contributed by atoms with Gasteiger partial charge in [-0.1, -0.05) is 24.6 Å². The minimum Gasteiger partial charge on any atom is -0.490 e. The van der Waals surface area contributed by atoms with Crippen LogP contribution in [-0.4, -0.2) is 59.2 Å². The first kappa shape index (κ1) is 26.0. The lowest BCUT2D eigenvalue weighted by atomic mass is 9.93. The number of pyridine rings is 1. The van der Waals surface area contributed by atoms with Gasteiger partial charge >= 0.3 is 6.18 Å². The molecule has 2 aliphatic heterocycles. The molecule has 1 amide bonds. The molecule has 1 saturated heterocycles. The Balaban J connectivity index is 1.38. The number of carbonyl (C=O) groups excluding carboxylic acids is 1. The summed E-state index contributed by atoms with van der Waals surface area (Å²) in [7, 11) is 0. The number of hydrogen-bond donors (Lipinski definition) is 3. The van der Waals surface area contributed by atoms with Crippen molar-refractivity contribution in [1.82, 2.24) is 20.2 Å². The van der Waals surface area contributed by atoms with Gasteiger partial charge in [0.1, 0.15) is 12.4 Å². The molecule has 11 heteroatoms. The third-order valence-electron chi connectivity index (χ3n) is 8.06. The lowest BCUT2D eigenvalue weighted by Gasteiger charge is -2.40. The van der Waals surface area contributed by atoms with Gasteiger partial charge in [-0.2, -0.15) is 13.2 Å². The van der Waals surface area contributed by atoms with E-state index in [0.717, 1.165) is 29.8 Å². The second-order valence-electron chi connectivity index (χ2n) is 10.5. The largest absolute Gasteiger partial charge is 0.490 e. The van der Waals surface area contributed by atoms with E-state index >= 15 is 0 Å². The fourth-order valence-electron chi connectivity index (χ4n) is 5.63. The maximum atomic E-state index is 13.2. The zero-order valence-corrected chi connectivity index (χ0v) is 22.2. The van der Waals surface area contributed by atoms with Crippen LogP contribution in [0.3, 0.4) is 0 Å². The molecule has 1 saturated carbocycles. The number of alkyl halides is 3. The number of H-pyrrole nitrogens is 1. The molecule has 2 aromatic heterocycles. The number of aromatic nitrogens is 2. The summed E-state index contributed by atoms with van der Waals surface area (Å²) >= 11 is 6.49. The number of rotatable bonds is 8. The molecule has 0 radical (unpaired) electrons. The predicted molar refractivity (Wildman–Crippen MR) is 143 cm³/mol. The minimum atomic E-state index is -4.25. The monoisotopic (exact) mass is 559 g/mol. The molecule has 4 heterocycles. The molecule has 7 nitrogen and oxygen atoms in total. The molecular formula is C28H29ClF3N5O2. The number of benzene rings is 1. The van der Waals surface area contributed by atoms with Gasteiger partial charge in [0, 0.05) is 52.7 Å². The number of nitrogens with zero attached hydrogens (tertiary/aromatic N) is 2. The van der Waals surface area contributed by atoms with Crippen LogP contribution in [0.4, 0.5) is 24.5 Å². The topological polar surface area (TPSA) is 82.3 Å². The van der Waals surface area contributed by atoms with Crippen molar-refractivity contribution in [2.75, 3.05) is 31.6 Å². The van der Waals surface area contributed by atoms with Crippen molar-refractivity contribution >= 4 is 28.9 Å². The Kier molecular flexibility index (Phi) is 6.50. The van der Waals surface area contributed by atoms with Gasteiger partial charge in [-0.05, 0) is 49.4 Å². The fourth-order valence-corrected chi connectivity index (χ4v) is 5.94. The Morgan fingerprint density at radius 1 is 1.28 bits per heavy atom. The van der Waals surface area contributed by atoms with Gasteiger partial charge < -0.3 is 20.4 Å². The lowest BCUT2D eigenvalue weighted by molar-refractivity contribution is -0.163. The van der Waals surface area contributed by atoms with Crippen LogP contribution in [0.2, 0.25) is 5.02 Å². The molecule has 1 aromatic carbocycles. The highest BCUT2D eigenvalue weighted by molar-refractivity contribution is 6.31. The van der Waals surface area contributed by atoms with E-state index in [9.17, 15) is 18.0 Å². The van der Waals surface area contributed by atoms with Crippen LogP contribution < -0.4 is 15.4 Å². The molecule has 1 unspecified atom stereocenters. The van der Waals surface area contributed by atoms with E-state index in [-0.39, 0.29) is 24.0 Å². The van der Waals surface area contributed by atoms with E-state index < -0.39 is 12.7 Å². The van der Waals surface area contributed by atoms with Crippen LogP contribution in [0.1, 0.15) is 47.8 Å². The number of carbonyl (C=O) groups is 1. The van der Waals surface area contributed by atoms with Crippen LogP contribution in [-0.2, 0) is 11.8 Å². The first-order valence-electron chi connectivity index (χ1n) is 13.2. The van der Waals surface area contributed by atoms with E-state index in [0.29, 0.717) is 59.2 Å². The average Bonchev–Trinajstić information content (AvgIpc) is 3.57. The first-order valence-corrected chi connectivity index (χ1v) is 13.5. The number of hydrogen-bond acceptors (Lipinski definition) is 5. The van der Waals surface area contributed by atoms with Crippen molar-refractivity contribution in [2.45, 2.75) is 50.2 Å². The van der Waals surface area contributed by atoms with Crippen LogP contribution in [0, 0.1) is 0 Å². The van der Waals surface area contributed by atoms with Gasteiger partial charge in [0.05, 0.1) is 29.7 Å². The molecular weight excluding hydrogens is 531 g/mol. The van der Waals surface area contributed by atoms with Crippen molar-refractivity contribution in [3.63, 3.8) is 0 Å².